The number of furan rings is 1. The van der Waals surface area contributed by atoms with Gasteiger partial charge in [-0.2, -0.15) is 0 Å². The van der Waals surface area contributed by atoms with Crippen LogP contribution in [-0.4, -0.2) is 79.4 Å². The van der Waals surface area contributed by atoms with Crippen LogP contribution >= 0.6 is 24.0 Å². The van der Waals surface area contributed by atoms with E-state index in [1.165, 1.54) is 11.8 Å². The lowest BCUT2D eigenvalue weighted by Crippen LogP contribution is -2.54. The minimum atomic E-state index is -0.0436. The van der Waals surface area contributed by atoms with Crippen molar-refractivity contribution in [2.45, 2.75) is 25.9 Å². The maximum atomic E-state index is 12.4. The highest BCUT2D eigenvalue weighted by molar-refractivity contribution is 14.0. The van der Waals surface area contributed by atoms with Crippen LogP contribution in [0.5, 0.6) is 0 Å². The molecular weight excluding hydrogens is 505 g/mol. The number of rotatable bonds is 7. The summed E-state index contributed by atoms with van der Waals surface area (Å²) < 4.78 is 5.23. The van der Waals surface area contributed by atoms with Gasteiger partial charge in [-0.1, -0.05) is 30.3 Å². The molecule has 0 bridgehead atoms. The summed E-state index contributed by atoms with van der Waals surface area (Å²) in [5.41, 5.74) is 1.33. The Bertz CT molecular complexity index is 805. The lowest BCUT2D eigenvalue weighted by molar-refractivity contribution is 0.0657. The molecule has 31 heavy (non-hydrogen) atoms. The number of carbonyl (C=O) groups is 1. The Hall–Kier alpha value is -2.07. The summed E-state index contributed by atoms with van der Waals surface area (Å²) in [5, 5.41) is 3.49. The Morgan fingerprint density at radius 2 is 1.81 bits per heavy atom. The third-order valence-corrected chi connectivity index (χ3v) is 5.68. The maximum absolute atomic E-state index is 12.4. The Labute approximate surface area is 202 Å². The van der Waals surface area contributed by atoms with Crippen molar-refractivity contribution in [1.82, 2.24) is 20.0 Å². The zero-order valence-corrected chi connectivity index (χ0v) is 21.0. The molecule has 2 aromatic rings. The molecule has 0 spiro atoms. The second-order valence-electron chi connectivity index (χ2n) is 7.77. The van der Waals surface area contributed by atoms with Crippen LogP contribution in [0.1, 0.15) is 29.5 Å². The molecule has 1 aliphatic heterocycles. The summed E-state index contributed by atoms with van der Waals surface area (Å²) in [6.07, 6.45) is 2.56. The number of amides is 1. The van der Waals surface area contributed by atoms with Crippen molar-refractivity contribution in [2.75, 3.05) is 46.8 Å². The first-order valence-corrected chi connectivity index (χ1v) is 10.6. The van der Waals surface area contributed by atoms with Gasteiger partial charge in [0, 0.05) is 52.4 Å². The topological polar surface area (TPSA) is 64.3 Å². The summed E-state index contributed by atoms with van der Waals surface area (Å²) >= 11 is 0. The number of aliphatic imine (C=N–C) groups is 1. The van der Waals surface area contributed by atoms with Gasteiger partial charge in [0.1, 0.15) is 0 Å². The zero-order chi connectivity index (χ0) is 21.3. The Kier molecular flexibility index (Phi) is 10.3. The summed E-state index contributed by atoms with van der Waals surface area (Å²) in [4.78, 5) is 23.3. The minimum Gasteiger partial charge on any atom is -0.459 e. The smallest absolute Gasteiger partial charge is 0.289 e. The fourth-order valence-corrected chi connectivity index (χ4v) is 3.65. The van der Waals surface area contributed by atoms with Crippen LogP contribution < -0.4 is 5.32 Å². The predicted molar refractivity (Wildman–Crippen MR) is 135 cm³/mol. The average Bonchev–Trinajstić information content (AvgIpc) is 3.32. The van der Waals surface area contributed by atoms with Gasteiger partial charge in [-0.3, -0.25) is 14.7 Å². The van der Waals surface area contributed by atoms with E-state index in [0.29, 0.717) is 24.9 Å². The van der Waals surface area contributed by atoms with Crippen molar-refractivity contribution in [3.05, 3.63) is 60.1 Å². The van der Waals surface area contributed by atoms with Crippen molar-refractivity contribution in [2.24, 2.45) is 4.99 Å². The van der Waals surface area contributed by atoms with Crippen molar-refractivity contribution >= 4 is 35.8 Å². The van der Waals surface area contributed by atoms with E-state index in [9.17, 15) is 4.79 Å². The summed E-state index contributed by atoms with van der Waals surface area (Å²) in [7, 11) is 3.98. The van der Waals surface area contributed by atoms with E-state index < -0.39 is 0 Å². The highest BCUT2D eigenvalue weighted by Crippen LogP contribution is 2.10. The number of carbonyl (C=O) groups excluding carboxylic acids is 1. The molecule has 2 heterocycles. The van der Waals surface area contributed by atoms with Gasteiger partial charge in [0.05, 0.1) is 6.26 Å². The SMILES string of the molecule is CN=C(NCCC(C)N(C)Cc1ccccc1)N1CCN(C(=O)c2ccco2)CC1.I. The molecule has 8 heteroatoms. The van der Waals surface area contributed by atoms with E-state index in [2.05, 4.69) is 64.4 Å². The molecule has 0 radical (unpaired) electrons. The lowest BCUT2D eigenvalue weighted by atomic mass is 10.1. The molecule has 1 atom stereocenters. The maximum Gasteiger partial charge on any atom is 0.289 e. The number of halogens is 1. The number of benzene rings is 1. The van der Waals surface area contributed by atoms with E-state index in [1.54, 1.807) is 12.1 Å². The van der Waals surface area contributed by atoms with Crippen LogP contribution in [0, 0.1) is 0 Å². The number of guanidine groups is 1. The molecule has 1 unspecified atom stereocenters. The number of hydrogen-bond acceptors (Lipinski definition) is 4. The second kappa shape index (κ2) is 12.7. The van der Waals surface area contributed by atoms with Crippen molar-refractivity contribution in [3.63, 3.8) is 0 Å². The van der Waals surface area contributed by atoms with E-state index >= 15 is 0 Å². The highest BCUT2D eigenvalue weighted by atomic mass is 127. The van der Waals surface area contributed by atoms with Gasteiger partial charge in [-0.05, 0) is 38.1 Å². The summed E-state index contributed by atoms with van der Waals surface area (Å²) in [6.45, 7) is 6.91. The molecule has 7 nitrogen and oxygen atoms in total. The second-order valence-corrected chi connectivity index (χ2v) is 7.77. The van der Waals surface area contributed by atoms with Gasteiger partial charge in [-0.15, -0.1) is 24.0 Å². The summed E-state index contributed by atoms with van der Waals surface area (Å²) in [5.74, 6) is 1.26. The third kappa shape index (κ3) is 7.24. The highest BCUT2D eigenvalue weighted by Gasteiger charge is 2.25. The first-order valence-electron chi connectivity index (χ1n) is 10.6. The number of nitrogens with one attached hydrogen (secondary N) is 1. The molecule has 1 aliphatic rings. The molecule has 1 saturated heterocycles. The Morgan fingerprint density at radius 1 is 1.13 bits per heavy atom. The molecule has 1 fully saturated rings. The molecule has 170 valence electrons. The summed E-state index contributed by atoms with van der Waals surface area (Å²) in [6, 6.07) is 14.5. The van der Waals surface area contributed by atoms with Gasteiger partial charge in [0.25, 0.3) is 5.91 Å². The lowest BCUT2D eigenvalue weighted by Gasteiger charge is -2.36. The number of nitrogens with zero attached hydrogens (tertiary/aromatic N) is 4. The zero-order valence-electron chi connectivity index (χ0n) is 18.7. The van der Waals surface area contributed by atoms with Crippen LogP contribution in [0.25, 0.3) is 0 Å². The molecule has 3 rings (SSSR count). The number of piperazine rings is 1. The first kappa shape index (κ1) is 25.2. The van der Waals surface area contributed by atoms with Gasteiger partial charge < -0.3 is 19.5 Å². The van der Waals surface area contributed by atoms with E-state index in [-0.39, 0.29) is 29.9 Å². The fraction of sp³-hybridized carbons (Fsp3) is 0.478. The van der Waals surface area contributed by atoms with Gasteiger partial charge >= 0.3 is 0 Å². The van der Waals surface area contributed by atoms with Crippen LogP contribution in [0.15, 0.2) is 58.1 Å². The Morgan fingerprint density at radius 3 is 2.42 bits per heavy atom. The first-order chi connectivity index (χ1) is 14.6. The van der Waals surface area contributed by atoms with Gasteiger partial charge in [0.15, 0.2) is 11.7 Å². The van der Waals surface area contributed by atoms with Gasteiger partial charge in [-0.25, -0.2) is 0 Å². The van der Waals surface area contributed by atoms with Crippen molar-refractivity contribution in [1.29, 1.82) is 0 Å². The molecule has 1 aromatic heterocycles. The van der Waals surface area contributed by atoms with Crippen LogP contribution in [0.2, 0.25) is 0 Å². The van der Waals surface area contributed by atoms with Crippen LogP contribution in [-0.2, 0) is 6.54 Å². The van der Waals surface area contributed by atoms with Crippen molar-refractivity contribution in [3.8, 4) is 0 Å². The molecule has 0 aliphatic carbocycles. The van der Waals surface area contributed by atoms with Crippen LogP contribution in [0.4, 0.5) is 0 Å². The van der Waals surface area contributed by atoms with E-state index in [4.69, 9.17) is 4.42 Å². The largest absolute Gasteiger partial charge is 0.459 e. The normalized spacial score (nSPS) is 15.5. The van der Waals surface area contributed by atoms with Crippen LogP contribution in [0.3, 0.4) is 0 Å². The predicted octanol–water partition coefficient (Wildman–Crippen LogP) is 3.14. The monoisotopic (exact) mass is 539 g/mol. The molecule has 1 aromatic carbocycles. The fourth-order valence-electron chi connectivity index (χ4n) is 3.65. The Balaban J connectivity index is 0.00000341. The van der Waals surface area contributed by atoms with E-state index in [0.717, 1.165) is 38.6 Å². The molecule has 0 saturated carbocycles. The average molecular weight is 539 g/mol. The third-order valence-electron chi connectivity index (χ3n) is 5.68. The molecule has 1 N–H and O–H groups in total. The molecule has 1 amide bonds. The number of hydrogen-bond donors (Lipinski definition) is 1. The standard InChI is InChI=1S/C23H33N5O2.HI/c1-19(26(3)18-20-8-5-4-6-9-20)11-12-25-23(24-2)28-15-13-27(14-16-28)22(29)21-10-7-17-30-21;/h4-10,17,19H,11-16,18H2,1-3H3,(H,24,25);1H. The van der Waals surface area contributed by atoms with E-state index in [1.807, 2.05) is 11.9 Å². The van der Waals surface area contributed by atoms with Crippen molar-refractivity contribution < 1.29 is 9.21 Å². The quantitative estimate of drug-likeness (QED) is 0.333. The molecular formula is C23H34IN5O2. The van der Waals surface area contributed by atoms with Gasteiger partial charge in [0.2, 0.25) is 0 Å². The minimum absolute atomic E-state index is 0.